The number of carboxylic acid groups (broad SMARTS) is 1. The summed E-state index contributed by atoms with van der Waals surface area (Å²) >= 11 is 0. The molecule has 0 fully saturated rings. The van der Waals surface area contributed by atoms with Gasteiger partial charge in [-0.3, -0.25) is 4.79 Å². The van der Waals surface area contributed by atoms with Gasteiger partial charge in [-0.1, -0.05) is 24.3 Å². The van der Waals surface area contributed by atoms with Crippen LogP contribution in [-0.2, 0) is 6.54 Å². The number of benzene rings is 2. The number of nitrogens with two attached hydrogens (primary N) is 1. The summed E-state index contributed by atoms with van der Waals surface area (Å²) in [7, 11) is 0. The quantitative estimate of drug-likeness (QED) is 0.488. The van der Waals surface area contributed by atoms with Gasteiger partial charge in [-0.25, -0.2) is 14.8 Å². The highest BCUT2D eigenvalue weighted by Gasteiger charge is 2.12. The second-order valence-corrected chi connectivity index (χ2v) is 7.47. The molecule has 2 aromatic carbocycles. The molecule has 0 amide bonds. The lowest BCUT2D eigenvalue weighted by Gasteiger charge is -2.11. The van der Waals surface area contributed by atoms with Gasteiger partial charge in [0.05, 0.1) is 35.1 Å². The smallest absolute Gasteiger partial charge is 0.335 e. The summed E-state index contributed by atoms with van der Waals surface area (Å²) in [6.45, 7) is 2.15. The molecule has 4 aromatic rings. The summed E-state index contributed by atoms with van der Waals surface area (Å²) in [5.74, 6) is -0.937. The van der Waals surface area contributed by atoms with Crippen LogP contribution < -0.4 is 11.3 Å². The van der Waals surface area contributed by atoms with Crippen LogP contribution in [0, 0.1) is 18.3 Å². The average Bonchev–Trinajstić information content (AvgIpc) is 2.80. The van der Waals surface area contributed by atoms with Crippen LogP contribution >= 0.6 is 0 Å². The summed E-state index contributed by atoms with van der Waals surface area (Å²) < 4.78 is 1.52. The van der Waals surface area contributed by atoms with Gasteiger partial charge < -0.3 is 15.4 Å². The van der Waals surface area contributed by atoms with Gasteiger partial charge >= 0.3 is 5.97 Å². The van der Waals surface area contributed by atoms with Crippen molar-refractivity contribution in [2.45, 2.75) is 13.5 Å². The van der Waals surface area contributed by atoms with Crippen molar-refractivity contribution >= 4 is 11.9 Å². The zero-order valence-electron chi connectivity index (χ0n) is 17.7. The Balaban J connectivity index is 1.66. The minimum Gasteiger partial charge on any atom is -0.478 e. The Morgan fingerprint density at radius 2 is 1.82 bits per heavy atom. The maximum Gasteiger partial charge on any atom is 0.335 e. The van der Waals surface area contributed by atoms with Crippen molar-refractivity contribution < 1.29 is 9.90 Å². The molecule has 3 N–H and O–H groups in total. The molecule has 0 bridgehead atoms. The Kier molecular flexibility index (Phi) is 5.70. The lowest BCUT2D eigenvalue weighted by molar-refractivity contribution is 0.0697. The first-order valence-corrected chi connectivity index (χ1v) is 10.0. The number of hydrogen-bond acceptors (Lipinski definition) is 6. The summed E-state index contributed by atoms with van der Waals surface area (Å²) in [4.78, 5) is 32.3. The molecule has 0 unspecified atom stereocenters. The third-order valence-corrected chi connectivity index (χ3v) is 5.32. The molecule has 2 heterocycles. The fraction of sp³-hybridized carbons (Fsp3) is 0.0800. The molecule has 0 aliphatic heterocycles. The first-order chi connectivity index (χ1) is 15.9. The topological polar surface area (TPSA) is 135 Å². The molecule has 8 nitrogen and oxygen atoms in total. The van der Waals surface area contributed by atoms with Gasteiger partial charge in [-0.2, -0.15) is 5.26 Å². The lowest BCUT2D eigenvalue weighted by atomic mass is 9.99. The predicted octanol–water partition coefficient (Wildman–Crippen LogP) is 3.48. The Bertz CT molecular complexity index is 1470. The summed E-state index contributed by atoms with van der Waals surface area (Å²) in [6.07, 6.45) is 1.66. The molecule has 0 aliphatic rings. The van der Waals surface area contributed by atoms with E-state index < -0.39 is 5.97 Å². The van der Waals surface area contributed by atoms with Crippen molar-refractivity contribution in [1.29, 1.82) is 5.26 Å². The van der Waals surface area contributed by atoms with E-state index in [1.54, 1.807) is 42.6 Å². The first-order valence-electron chi connectivity index (χ1n) is 10.0. The maximum absolute atomic E-state index is 12.7. The van der Waals surface area contributed by atoms with Gasteiger partial charge in [-0.15, -0.1) is 0 Å². The van der Waals surface area contributed by atoms with E-state index in [9.17, 15) is 14.9 Å². The van der Waals surface area contributed by atoms with Crippen LogP contribution in [0.15, 0.2) is 71.7 Å². The Labute approximate surface area is 189 Å². The fourth-order valence-corrected chi connectivity index (χ4v) is 3.53. The zero-order chi connectivity index (χ0) is 23.5. The number of aromatic nitrogens is 3. The predicted molar refractivity (Wildman–Crippen MR) is 124 cm³/mol. The Morgan fingerprint density at radius 3 is 2.48 bits per heavy atom. The monoisotopic (exact) mass is 437 g/mol. The molecule has 2 aromatic heterocycles. The van der Waals surface area contributed by atoms with Crippen molar-refractivity contribution in [3.63, 3.8) is 0 Å². The van der Waals surface area contributed by atoms with E-state index in [2.05, 4.69) is 16.0 Å². The van der Waals surface area contributed by atoms with Crippen LogP contribution in [0.1, 0.15) is 27.0 Å². The molecule has 33 heavy (non-hydrogen) atoms. The van der Waals surface area contributed by atoms with E-state index in [4.69, 9.17) is 10.8 Å². The molecule has 0 spiro atoms. The lowest BCUT2D eigenvalue weighted by Crippen LogP contribution is -2.19. The van der Waals surface area contributed by atoms with Gasteiger partial charge in [0.15, 0.2) is 0 Å². The van der Waals surface area contributed by atoms with Crippen molar-refractivity contribution in [2.24, 2.45) is 0 Å². The van der Waals surface area contributed by atoms with Crippen LogP contribution in [0.25, 0.3) is 22.5 Å². The van der Waals surface area contributed by atoms with Crippen molar-refractivity contribution in [1.82, 2.24) is 14.5 Å². The van der Waals surface area contributed by atoms with E-state index in [-0.39, 0.29) is 17.1 Å². The van der Waals surface area contributed by atoms with Crippen LogP contribution in [0.3, 0.4) is 0 Å². The van der Waals surface area contributed by atoms with Crippen molar-refractivity contribution in [2.75, 3.05) is 5.73 Å². The molecule has 4 rings (SSSR count). The van der Waals surface area contributed by atoms with E-state index >= 15 is 0 Å². The van der Waals surface area contributed by atoms with Gasteiger partial charge in [-0.05, 0) is 48.4 Å². The number of carboxylic acids is 1. The molecule has 0 atom stereocenters. The highest BCUT2D eigenvalue weighted by molar-refractivity contribution is 5.87. The molecule has 0 aliphatic carbocycles. The number of nitriles is 1. The fourth-order valence-electron chi connectivity index (χ4n) is 3.53. The SMILES string of the molecule is Cc1c(C#N)cccc1-c1cc(-c2ccn(Cc3ccc(C(=O)O)cc3)c(=O)c2)nc(N)n1. The molecule has 0 saturated heterocycles. The minimum absolute atomic E-state index is 0.0620. The number of rotatable bonds is 5. The minimum atomic E-state index is -0.999. The van der Waals surface area contributed by atoms with Gasteiger partial charge in [0.2, 0.25) is 5.95 Å². The molecule has 0 radical (unpaired) electrons. The standard InChI is InChI=1S/C25H19N5O3/c1-15-19(13-26)3-2-4-20(15)22-12-21(28-25(27)29-22)18-9-10-30(23(31)11-18)14-16-5-7-17(8-6-16)24(32)33/h2-12H,14H2,1H3,(H,32,33)(H2,27,28,29). The number of pyridine rings is 1. The van der Waals surface area contributed by atoms with E-state index in [0.29, 0.717) is 29.1 Å². The largest absolute Gasteiger partial charge is 0.478 e. The summed E-state index contributed by atoms with van der Waals surface area (Å²) in [5.41, 5.74) is 10.4. The maximum atomic E-state index is 12.7. The second kappa shape index (κ2) is 8.77. The Morgan fingerprint density at radius 1 is 1.09 bits per heavy atom. The summed E-state index contributed by atoms with van der Waals surface area (Å²) in [6, 6.07) is 18.9. The number of nitrogens with zero attached hydrogens (tertiary/aromatic N) is 4. The highest BCUT2D eigenvalue weighted by atomic mass is 16.4. The number of anilines is 1. The first kappa shape index (κ1) is 21.5. The van der Waals surface area contributed by atoms with E-state index in [1.165, 1.54) is 22.8 Å². The molecule has 162 valence electrons. The van der Waals surface area contributed by atoms with Crippen LogP contribution in [0.4, 0.5) is 5.95 Å². The van der Waals surface area contributed by atoms with Gasteiger partial charge in [0.1, 0.15) is 0 Å². The molecular weight excluding hydrogens is 418 g/mol. The van der Waals surface area contributed by atoms with Crippen molar-refractivity contribution in [3.8, 4) is 28.6 Å². The molecule has 0 saturated carbocycles. The third-order valence-electron chi connectivity index (χ3n) is 5.32. The third kappa shape index (κ3) is 4.48. The normalized spacial score (nSPS) is 10.5. The number of aromatic carboxylic acids is 1. The number of nitrogen functional groups attached to an aromatic ring is 1. The van der Waals surface area contributed by atoms with Crippen LogP contribution in [-0.4, -0.2) is 25.6 Å². The zero-order valence-corrected chi connectivity index (χ0v) is 17.7. The molecular formula is C25H19N5O3. The van der Waals surface area contributed by atoms with E-state index in [1.807, 2.05) is 13.0 Å². The number of hydrogen-bond donors (Lipinski definition) is 2. The van der Waals surface area contributed by atoms with Crippen LogP contribution in [0.5, 0.6) is 0 Å². The Hall–Kier alpha value is -4.77. The average molecular weight is 437 g/mol. The highest BCUT2D eigenvalue weighted by Crippen LogP contribution is 2.27. The van der Waals surface area contributed by atoms with Gasteiger partial charge in [0, 0.05) is 23.4 Å². The number of carbonyl (C=O) groups is 1. The molecule has 8 heteroatoms. The second-order valence-electron chi connectivity index (χ2n) is 7.47. The van der Waals surface area contributed by atoms with E-state index in [0.717, 1.165) is 16.7 Å². The van der Waals surface area contributed by atoms with Gasteiger partial charge in [0.25, 0.3) is 5.56 Å². The van der Waals surface area contributed by atoms with Crippen LogP contribution in [0.2, 0.25) is 0 Å². The van der Waals surface area contributed by atoms with Crippen molar-refractivity contribution in [3.05, 3.63) is 99.5 Å². The summed E-state index contributed by atoms with van der Waals surface area (Å²) in [5, 5.41) is 18.3.